The summed E-state index contributed by atoms with van der Waals surface area (Å²) in [5.41, 5.74) is 5.73. The van der Waals surface area contributed by atoms with E-state index in [2.05, 4.69) is 21.5 Å². The topological polar surface area (TPSA) is 73.1 Å². The van der Waals surface area contributed by atoms with Gasteiger partial charge in [-0.2, -0.15) is 11.8 Å². The molecule has 0 aromatic carbocycles. The van der Waals surface area contributed by atoms with Gasteiger partial charge in [-0.1, -0.05) is 12.8 Å². The predicted octanol–water partition coefficient (Wildman–Crippen LogP) is 2.54. The van der Waals surface area contributed by atoms with E-state index in [-0.39, 0.29) is 0 Å². The third kappa shape index (κ3) is 7.22. The van der Waals surface area contributed by atoms with Gasteiger partial charge in [0, 0.05) is 19.7 Å². The van der Waals surface area contributed by atoms with Crippen LogP contribution < -0.4 is 11.1 Å². The van der Waals surface area contributed by atoms with Crippen LogP contribution in [0.1, 0.15) is 31.5 Å². The van der Waals surface area contributed by atoms with Crippen molar-refractivity contribution in [1.29, 1.82) is 0 Å². The van der Waals surface area contributed by atoms with Crippen molar-refractivity contribution in [1.82, 2.24) is 9.97 Å². The molecule has 1 aromatic rings. The molecule has 0 spiro atoms. The molecule has 0 fully saturated rings. The van der Waals surface area contributed by atoms with E-state index in [1.165, 1.54) is 25.0 Å². The molecule has 6 heteroatoms. The summed E-state index contributed by atoms with van der Waals surface area (Å²) in [5.74, 6) is 3.13. The summed E-state index contributed by atoms with van der Waals surface area (Å²) in [6.07, 6.45) is 7.15. The maximum Gasteiger partial charge on any atom is 0.158 e. The Hall–Kier alpha value is -1.01. The highest BCUT2D eigenvalue weighted by atomic mass is 32.2. The molecule has 19 heavy (non-hydrogen) atoms. The number of nitrogens with zero attached hydrogens (tertiary/aromatic N) is 2. The standard InChI is InChI=1S/C13H24N4OS/c1-18-10-13-16-11(14)9-12(17-13)15-7-5-3-4-6-8-19-2/h9H,3-8,10H2,1-2H3,(H3,14,15,16,17). The quantitative estimate of drug-likeness (QED) is 0.643. The van der Waals surface area contributed by atoms with Crippen molar-refractivity contribution in [3.05, 3.63) is 11.9 Å². The fourth-order valence-corrected chi connectivity index (χ4v) is 2.24. The van der Waals surface area contributed by atoms with Crippen molar-refractivity contribution in [2.45, 2.75) is 32.3 Å². The number of ether oxygens (including phenoxy) is 1. The minimum atomic E-state index is 0.383. The molecule has 0 saturated heterocycles. The molecule has 0 aliphatic rings. The van der Waals surface area contributed by atoms with E-state index in [0.717, 1.165) is 18.8 Å². The first kappa shape index (κ1) is 16.0. The number of methoxy groups -OCH3 is 1. The average Bonchev–Trinajstić information content (AvgIpc) is 2.37. The van der Waals surface area contributed by atoms with Gasteiger partial charge in [-0.05, 0) is 24.9 Å². The van der Waals surface area contributed by atoms with Gasteiger partial charge in [0.1, 0.15) is 18.2 Å². The number of aromatic nitrogens is 2. The zero-order valence-electron chi connectivity index (χ0n) is 11.8. The molecule has 1 aromatic heterocycles. The zero-order chi connectivity index (χ0) is 13.9. The fourth-order valence-electron chi connectivity index (χ4n) is 1.74. The maximum atomic E-state index is 5.73. The van der Waals surface area contributed by atoms with Crippen LogP contribution in [0.5, 0.6) is 0 Å². The molecule has 0 radical (unpaired) electrons. The molecule has 0 saturated carbocycles. The number of hydrogen-bond acceptors (Lipinski definition) is 6. The lowest BCUT2D eigenvalue weighted by Gasteiger charge is -2.08. The van der Waals surface area contributed by atoms with E-state index in [9.17, 15) is 0 Å². The summed E-state index contributed by atoms with van der Waals surface area (Å²) in [7, 11) is 1.62. The van der Waals surface area contributed by atoms with E-state index in [1.54, 1.807) is 13.2 Å². The van der Waals surface area contributed by atoms with Gasteiger partial charge in [0.15, 0.2) is 5.82 Å². The SMILES string of the molecule is COCc1nc(N)cc(NCCCCCCSC)n1. The van der Waals surface area contributed by atoms with Crippen LogP contribution in [0.15, 0.2) is 6.07 Å². The van der Waals surface area contributed by atoms with Crippen molar-refractivity contribution in [3.8, 4) is 0 Å². The van der Waals surface area contributed by atoms with Crippen LogP contribution in [-0.4, -0.2) is 35.6 Å². The number of nitrogens with one attached hydrogen (secondary N) is 1. The van der Waals surface area contributed by atoms with E-state index in [4.69, 9.17) is 10.5 Å². The van der Waals surface area contributed by atoms with Crippen molar-refractivity contribution in [2.24, 2.45) is 0 Å². The van der Waals surface area contributed by atoms with Gasteiger partial charge in [0.05, 0.1) is 0 Å². The van der Waals surface area contributed by atoms with Gasteiger partial charge < -0.3 is 15.8 Å². The Bertz CT molecular complexity index is 362. The average molecular weight is 284 g/mol. The lowest BCUT2D eigenvalue weighted by atomic mass is 10.2. The molecule has 0 bridgehead atoms. The molecule has 0 aliphatic heterocycles. The largest absolute Gasteiger partial charge is 0.384 e. The van der Waals surface area contributed by atoms with Gasteiger partial charge in [-0.3, -0.25) is 0 Å². The highest BCUT2D eigenvalue weighted by Crippen LogP contribution is 2.10. The maximum absolute atomic E-state index is 5.73. The van der Waals surface area contributed by atoms with Crippen LogP contribution in [-0.2, 0) is 11.3 Å². The Morgan fingerprint density at radius 3 is 2.79 bits per heavy atom. The monoisotopic (exact) mass is 284 g/mol. The highest BCUT2D eigenvalue weighted by Gasteiger charge is 2.02. The Balaban J connectivity index is 2.25. The highest BCUT2D eigenvalue weighted by molar-refractivity contribution is 7.98. The lowest BCUT2D eigenvalue weighted by Crippen LogP contribution is -2.08. The number of hydrogen-bond donors (Lipinski definition) is 2. The van der Waals surface area contributed by atoms with Gasteiger partial charge in [-0.15, -0.1) is 0 Å². The van der Waals surface area contributed by atoms with Crippen molar-refractivity contribution >= 4 is 23.4 Å². The Kier molecular flexibility index (Phi) is 8.33. The van der Waals surface area contributed by atoms with Crippen LogP contribution in [0.25, 0.3) is 0 Å². The molecule has 1 heterocycles. The minimum absolute atomic E-state index is 0.383. The van der Waals surface area contributed by atoms with E-state index >= 15 is 0 Å². The lowest BCUT2D eigenvalue weighted by molar-refractivity contribution is 0.178. The normalized spacial score (nSPS) is 10.6. The summed E-state index contributed by atoms with van der Waals surface area (Å²) >= 11 is 1.91. The molecule has 0 unspecified atom stereocenters. The van der Waals surface area contributed by atoms with Crippen LogP contribution in [0, 0.1) is 0 Å². The summed E-state index contributed by atoms with van der Waals surface area (Å²) in [5, 5.41) is 3.28. The van der Waals surface area contributed by atoms with E-state index in [0.29, 0.717) is 18.2 Å². The number of anilines is 2. The second-order valence-electron chi connectivity index (χ2n) is 4.36. The van der Waals surface area contributed by atoms with Crippen LogP contribution >= 0.6 is 11.8 Å². The third-order valence-electron chi connectivity index (χ3n) is 2.65. The molecule has 0 aliphatic carbocycles. The Morgan fingerprint density at radius 1 is 1.26 bits per heavy atom. The van der Waals surface area contributed by atoms with Crippen LogP contribution in [0.4, 0.5) is 11.6 Å². The summed E-state index contributed by atoms with van der Waals surface area (Å²) in [4.78, 5) is 8.44. The Labute approximate surface area is 119 Å². The first-order valence-corrected chi connectivity index (χ1v) is 8.01. The molecular weight excluding hydrogens is 260 g/mol. The number of unbranched alkanes of at least 4 members (excludes halogenated alkanes) is 3. The van der Waals surface area contributed by atoms with Gasteiger partial charge in [0.25, 0.3) is 0 Å². The molecule has 0 amide bonds. The minimum Gasteiger partial charge on any atom is -0.384 e. The van der Waals surface area contributed by atoms with Gasteiger partial charge >= 0.3 is 0 Å². The van der Waals surface area contributed by atoms with Crippen LogP contribution in [0.3, 0.4) is 0 Å². The van der Waals surface area contributed by atoms with Crippen molar-refractivity contribution in [2.75, 3.05) is 36.7 Å². The summed E-state index contributed by atoms with van der Waals surface area (Å²) in [6, 6.07) is 1.76. The molecule has 3 N–H and O–H groups in total. The number of nitrogens with two attached hydrogens (primary N) is 1. The first-order valence-electron chi connectivity index (χ1n) is 6.61. The molecule has 0 atom stereocenters. The summed E-state index contributed by atoms with van der Waals surface area (Å²) < 4.78 is 5.01. The zero-order valence-corrected chi connectivity index (χ0v) is 12.6. The second kappa shape index (κ2) is 9.86. The van der Waals surface area contributed by atoms with Gasteiger partial charge in [-0.25, -0.2) is 9.97 Å². The van der Waals surface area contributed by atoms with E-state index in [1.807, 2.05) is 11.8 Å². The van der Waals surface area contributed by atoms with Gasteiger partial charge in [0.2, 0.25) is 0 Å². The third-order valence-corrected chi connectivity index (χ3v) is 3.34. The van der Waals surface area contributed by atoms with Crippen molar-refractivity contribution < 1.29 is 4.74 Å². The number of nitrogen functional groups attached to an aromatic ring is 1. The van der Waals surface area contributed by atoms with Crippen molar-refractivity contribution in [3.63, 3.8) is 0 Å². The predicted molar refractivity (Wildman–Crippen MR) is 82.5 cm³/mol. The van der Waals surface area contributed by atoms with E-state index < -0.39 is 0 Å². The molecule has 108 valence electrons. The fraction of sp³-hybridized carbons (Fsp3) is 0.692. The Morgan fingerprint density at radius 2 is 2.05 bits per heavy atom. The molecule has 5 nitrogen and oxygen atoms in total. The molecule has 1 rings (SSSR count). The molecular formula is C13H24N4OS. The number of rotatable bonds is 10. The smallest absolute Gasteiger partial charge is 0.158 e. The first-order chi connectivity index (χ1) is 9.26. The van der Waals surface area contributed by atoms with Crippen LogP contribution in [0.2, 0.25) is 0 Å². The number of thioether (sulfide) groups is 1. The second-order valence-corrected chi connectivity index (χ2v) is 5.35. The summed E-state index contributed by atoms with van der Waals surface area (Å²) in [6.45, 7) is 1.30.